The van der Waals surface area contributed by atoms with Gasteiger partial charge in [0, 0.05) is 25.4 Å². The Balaban J connectivity index is 1.70. The molecule has 0 saturated heterocycles. The lowest BCUT2D eigenvalue weighted by Crippen LogP contribution is -2.34. The van der Waals surface area contributed by atoms with E-state index in [-0.39, 0.29) is 11.6 Å². The molecule has 2 atom stereocenters. The molecule has 1 fully saturated rings. The number of aliphatic hydroxyl groups excluding tert-OH is 1. The van der Waals surface area contributed by atoms with Gasteiger partial charge in [-0.05, 0) is 43.0 Å². The normalized spacial score (nSPS) is 19.6. The molecule has 154 valence electrons. The quantitative estimate of drug-likeness (QED) is 0.563. The van der Waals surface area contributed by atoms with Gasteiger partial charge in [0.2, 0.25) is 0 Å². The maximum Gasteiger partial charge on any atom is 0.261 e. The van der Waals surface area contributed by atoms with Crippen molar-refractivity contribution < 1.29 is 5.11 Å². The third-order valence-electron chi connectivity index (χ3n) is 6.12. The highest BCUT2D eigenvalue weighted by Crippen LogP contribution is 2.29. The maximum absolute atomic E-state index is 13.4. The lowest BCUT2D eigenvalue weighted by atomic mass is 9.92. The van der Waals surface area contributed by atoms with Crippen LogP contribution in [0.5, 0.6) is 0 Å². The number of nitrogens with zero attached hydrogens (tertiary/aromatic N) is 6. The first-order valence-electron chi connectivity index (χ1n) is 10.3. The van der Waals surface area contributed by atoms with Gasteiger partial charge >= 0.3 is 0 Å². The third kappa shape index (κ3) is 3.08. The number of aryl methyl sites for hydroxylation is 2. The number of pyridine rings is 1. The van der Waals surface area contributed by atoms with E-state index in [0.29, 0.717) is 23.7 Å². The summed E-state index contributed by atoms with van der Waals surface area (Å²) in [6.07, 6.45) is 6.99. The topological polar surface area (TPSA) is 98.7 Å². The van der Waals surface area contributed by atoms with Gasteiger partial charge in [-0.3, -0.25) is 14.3 Å². The van der Waals surface area contributed by atoms with Crippen molar-refractivity contribution in [2.75, 3.05) is 0 Å². The zero-order valence-corrected chi connectivity index (χ0v) is 17.1. The lowest BCUT2D eigenvalue weighted by Gasteiger charge is -2.29. The fourth-order valence-electron chi connectivity index (χ4n) is 4.49. The van der Waals surface area contributed by atoms with Crippen LogP contribution in [0.2, 0.25) is 0 Å². The average Bonchev–Trinajstić information content (AvgIpc) is 3.13. The average molecular weight is 404 g/mol. The Kier molecular flexibility index (Phi) is 4.58. The van der Waals surface area contributed by atoms with Gasteiger partial charge in [-0.1, -0.05) is 24.1 Å². The Bertz CT molecular complexity index is 1290. The molecule has 0 spiro atoms. The number of benzene rings is 1. The smallest absolute Gasteiger partial charge is 0.261 e. The van der Waals surface area contributed by atoms with Crippen LogP contribution < -0.4 is 5.56 Å². The van der Waals surface area contributed by atoms with Crippen LogP contribution >= 0.6 is 0 Å². The fourth-order valence-corrected chi connectivity index (χ4v) is 4.49. The molecule has 0 radical (unpaired) electrons. The third-order valence-corrected chi connectivity index (χ3v) is 6.12. The number of hydrogen-bond acceptors (Lipinski definition) is 6. The molecule has 1 N–H and O–H groups in total. The van der Waals surface area contributed by atoms with Gasteiger partial charge in [0.05, 0.1) is 23.9 Å². The van der Waals surface area contributed by atoms with Gasteiger partial charge in [0.25, 0.3) is 5.56 Å². The Morgan fingerprint density at radius 1 is 1.17 bits per heavy atom. The molecule has 1 aliphatic carbocycles. The molecule has 30 heavy (non-hydrogen) atoms. The van der Waals surface area contributed by atoms with Gasteiger partial charge in [-0.15, -0.1) is 5.10 Å². The minimum Gasteiger partial charge on any atom is -0.391 e. The molecular formula is C22H24N6O2. The van der Waals surface area contributed by atoms with E-state index in [1.807, 2.05) is 38.4 Å². The molecule has 1 aliphatic rings. The van der Waals surface area contributed by atoms with E-state index in [0.717, 1.165) is 47.1 Å². The Hall–Kier alpha value is -3.13. The summed E-state index contributed by atoms with van der Waals surface area (Å²) in [6, 6.07) is 5.67. The van der Waals surface area contributed by atoms with Crippen molar-refractivity contribution in [2.45, 2.75) is 51.2 Å². The van der Waals surface area contributed by atoms with Crippen molar-refractivity contribution in [2.24, 2.45) is 7.05 Å². The molecule has 5 rings (SSSR count). The second kappa shape index (κ2) is 7.28. The van der Waals surface area contributed by atoms with E-state index in [1.165, 1.54) is 0 Å². The molecule has 2 unspecified atom stereocenters. The summed E-state index contributed by atoms with van der Waals surface area (Å²) in [5, 5.41) is 19.5. The van der Waals surface area contributed by atoms with Gasteiger partial charge in [-0.25, -0.2) is 9.67 Å². The van der Waals surface area contributed by atoms with E-state index in [1.54, 1.807) is 15.6 Å². The van der Waals surface area contributed by atoms with Gasteiger partial charge in [-0.2, -0.15) is 0 Å². The molecule has 3 aromatic heterocycles. The lowest BCUT2D eigenvalue weighted by molar-refractivity contribution is 0.0735. The number of hydrogen-bond donors (Lipinski definition) is 1. The van der Waals surface area contributed by atoms with Gasteiger partial charge in [0.15, 0.2) is 0 Å². The largest absolute Gasteiger partial charge is 0.391 e. The van der Waals surface area contributed by atoms with Crippen LogP contribution in [0.3, 0.4) is 0 Å². The van der Waals surface area contributed by atoms with Crippen molar-refractivity contribution in [1.82, 2.24) is 29.5 Å². The number of fused-ring (bicyclic) bond motifs is 3. The van der Waals surface area contributed by atoms with Crippen LogP contribution in [0.4, 0.5) is 0 Å². The first-order valence-corrected chi connectivity index (χ1v) is 10.3. The number of aromatic nitrogens is 6. The minimum absolute atomic E-state index is 0.127. The highest BCUT2D eigenvalue weighted by molar-refractivity contribution is 6.02. The second-order valence-corrected chi connectivity index (χ2v) is 8.20. The summed E-state index contributed by atoms with van der Waals surface area (Å²) in [5.41, 5.74) is 4.87. The highest BCUT2D eigenvalue weighted by atomic mass is 16.3. The van der Waals surface area contributed by atoms with Crippen molar-refractivity contribution in [3.8, 4) is 0 Å². The summed E-state index contributed by atoms with van der Waals surface area (Å²) < 4.78 is 3.28. The van der Waals surface area contributed by atoms with Crippen molar-refractivity contribution >= 4 is 21.9 Å². The molecule has 8 heteroatoms. The van der Waals surface area contributed by atoms with Crippen LogP contribution in [-0.4, -0.2) is 40.7 Å². The standard InChI is InChI=1S/C22H24N6O2/c1-13-7-8-14(11-23-13)9-15-10-16-20(21-19(15)25-26-27(21)2)24-12-28(22(16)30)17-5-3-4-6-18(17)29/h7-8,10-12,17-18,29H,3-6,9H2,1-2H3. The Labute approximate surface area is 173 Å². The van der Waals surface area contributed by atoms with Crippen molar-refractivity contribution in [3.05, 3.63) is 57.9 Å². The van der Waals surface area contributed by atoms with Crippen LogP contribution in [0.25, 0.3) is 21.9 Å². The van der Waals surface area contributed by atoms with Crippen LogP contribution in [0.1, 0.15) is 48.5 Å². The molecule has 0 bridgehead atoms. The van der Waals surface area contributed by atoms with Crippen LogP contribution in [0, 0.1) is 6.92 Å². The Morgan fingerprint density at radius 3 is 2.77 bits per heavy atom. The first kappa shape index (κ1) is 18.9. The van der Waals surface area contributed by atoms with Crippen LogP contribution in [-0.2, 0) is 13.5 Å². The fraction of sp³-hybridized carbons (Fsp3) is 0.409. The summed E-state index contributed by atoms with van der Waals surface area (Å²) in [6.45, 7) is 1.95. The molecule has 0 amide bonds. The molecule has 8 nitrogen and oxygen atoms in total. The van der Waals surface area contributed by atoms with Crippen molar-refractivity contribution in [3.63, 3.8) is 0 Å². The molecule has 4 aromatic rings. The SMILES string of the molecule is Cc1ccc(Cc2cc3c(=O)n(C4CCCCC4O)cnc3c3c2nnn3C)cn1. The van der Waals surface area contributed by atoms with Gasteiger partial charge < -0.3 is 5.11 Å². The minimum atomic E-state index is -0.518. The van der Waals surface area contributed by atoms with E-state index < -0.39 is 6.10 Å². The first-order chi connectivity index (χ1) is 14.5. The maximum atomic E-state index is 13.4. The Morgan fingerprint density at radius 2 is 2.00 bits per heavy atom. The van der Waals surface area contributed by atoms with E-state index in [9.17, 15) is 9.90 Å². The summed E-state index contributed by atoms with van der Waals surface area (Å²) in [7, 11) is 1.81. The molecule has 0 aliphatic heterocycles. The summed E-state index contributed by atoms with van der Waals surface area (Å²) in [5.74, 6) is 0. The van der Waals surface area contributed by atoms with Crippen molar-refractivity contribution in [1.29, 1.82) is 0 Å². The second-order valence-electron chi connectivity index (χ2n) is 8.20. The predicted octanol–water partition coefficient (Wildman–Crippen LogP) is 2.45. The zero-order valence-electron chi connectivity index (χ0n) is 17.1. The predicted molar refractivity (Wildman–Crippen MR) is 113 cm³/mol. The van der Waals surface area contributed by atoms with Gasteiger partial charge in [0.1, 0.15) is 16.6 Å². The zero-order chi connectivity index (χ0) is 20.8. The van der Waals surface area contributed by atoms with E-state index in [4.69, 9.17) is 0 Å². The summed E-state index contributed by atoms with van der Waals surface area (Å²) in [4.78, 5) is 22.4. The monoisotopic (exact) mass is 404 g/mol. The molecular weight excluding hydrogens is 380 g/mol. The van der Waals surface area contributed by atoms with E-state index >= 15 is 0 Å². The number of rotatable bonds is 3. The number of aliphatic hydroxyl groups is 1. The van der Waals surface area contributed by atoms with E-state index in [2.05, 4.69) is 20.3 Å². The van der Waals surface area contributed by atoms with Crippen LogP contribution in [0.15, 0.2) is 35.5 Å². The summed E-state index contributed by atoms with van der Waals surface area (Å²) >= 11 is 0. The highest BCUT2D eigenvalue weighted by Gasteiger charge is 2.27. The molecule has 1 saturated carbocycles. The molecule has 3 heterocycles. The molecule has 1 aromatic carbocycles.